The monoisotopic (exact) mass is 1030 g/mol. The Bertz CT molecular complexity index is 3710. The summed E-state index contributed by atoms with van der Waals surface area (Å²) in [6, 6.07) is 99.0. The molecule has 0 radical (unpaired) electrons. The molecule has 0 fully saturated rings. The van der Waals surface area contributed by atoms with E-state index >= 15 is 0 Å². The number of hydrogen-bond donors (Lipinski definition) is 0. The third kappa shape index (κ3) is 11.6. The van der Waals surface area contributed by atoms with Crippen LogP contribution in [0.1, 0.15) is 38.9 Å². The van der Waals surface area contributed by atoms with Gasteiger partial charge in [0.05, 0.1) is 18.2 Å². The van der Waals surface area contributed by atoms with E-state index in [1.807, 2.05) is 54.6 Å². The van der Waals surface area contributed by atoms with Gasteiger partial charge in [-0.1, -0.05) is 157 Å². The molecule has 80 heavy (non-hydrogen) atoms. The molecule has 0 aliphatic rings. The van der Waals surface area contributed by atoms with E-state index in [1.54, 1.807) is 6.07 Å². The Balaban J connectivity index is 0.811. The summed E-state index contributed by atoms with van der Waals surface area (Å²) < 4.78 is 0. The summed E-state index contributed by atoms with van der Waals surface area (Å²) in [6.45, 7) is 12.4. The second-order valence-corrected chi connectivity index (χ2v) is 19.5. The van der Waals surface area contributed by atoms with Crippen LogP contribution in [-0.2, 0) is 0 Å². The van der Waals surface area contributed by atoms with Crippen LogP contribution in [0.5, 0.6) is 0 Å². The summed E-state index contributed by atoms with van der Waals surface area (Å²) in [5.74, 6) is 0. The zero-order chi connectivity index (χ0) is 54.6. The number of nitrogens with zero attached hydrogens (tertiary/aromatic N) is 6. The molecule has 6 heteroatoms. The van der Waals surface area contributed by atoms with E-state index in [1.165, 1.54) is 11.1 Å². The average molecular weight is 1030 g/mol. The number of rotatable bonds is 16. The van der Waals surface area contributed by atoms with E-state index in [2.05, 4.69) is 287 Å². The Labute approximate surface area is 470 Å². The van der Waals surface area contributed by atoms with Gasteiger partial charge in [-0.25, -0.2) is 4.85 Å². The molecule has 0 aliphatic carbocycles. The van der Waals surface area contributed by atoms with Crippen LogP contribution in [0.3, 0.4) is 0 Å². The minimum atomic E-state index is 0.467. The number of nitriles is 1. The molecule has 0 amide bonds. The van der Waals surface area contributed by atoms with Crippen molar-refractivity contribution in [2.45, 2.75) is 13.8 Å². The van der Waals surface area contributed by atoms with Crippen LogP contribution in [0.25, 0.3) is 29.1 Å². The summed E-state index contributed by atoms with van der Waals surface area (Å²) in [4.78, 5) is 13.0. The van der Waals surface area contributed by atoms with Gasteiger partial charge in [0.1, 0.15) is 0 Å². The third-order valence-electron chi connectivity index (χ3n) is 14.0. The first-order chi connectivity index (χ1) is 39.4. The van der Waals surface area contributed by atoms with Crippen molar-refractivity contribution in [1.29, 1.82) is 5.26 Å². The van der Waals surface area contributed by atoms with Crippen LogP contribution in [0.2, 0.25) is 0 Å². The van der Waals surface area contributed by atoms with Crippen molar-refractivity contribution in [1.82, 2.24) is 0 Å². The summed E-state index contributed by atoms with van der Waals surface area (Å²) in [5, 5.41) is 10.4. The van der Waals surface area contributed by atoms with E-state index in [-0.39, 0.29) is 0 Å². The van der Waals surface area contributed by atoms with Crippen molar-refractivity contribution >= 4 is 98.2 Å². The Hall–Kier alpha value is -10.9. The molecule has 0 aliphatic heterocycles. The lowest BCUT2D eigenvalue weighted by molar-refractivity contribution is 1.25. The summed E-state index contributed by atoms with van der Waals surface area (Å²) >= 11 is 0. The summed E-state index contributed by atoms with van der Waals surface area (Å²) in [6.07, 6.45) is 7.83. The highest BCUT2D eigenvalue weighted by Crippen LogP contribution is 2.42. The van der Waals surface area contributed by atoms with Crippen molar-refractivity contribution in [3.8, 4) is 6.07 Å². The second-order valence-electron chi connectivity index (χ2n) is 19.5. The number of hydrogen-bond acceptors (Lipinski definition) is 5. The predicted molar refractivity (Wildman–Crippen MR) is 336 cm³/mol. The van der Waals surface area contributed by atoms with E-state index in [4.69, 9.17) is 6.57 Å². The first kappa shape index (κ1) is 51.2. The van der Waals surface area contributed by atoms with E-state index in [0.717, 1.165) is 79.4 Å². The van der Waals surface area contributed by atoms with Gasteiger partial charge in [0.15, 0.2) is 5.69 Å². The number of anilines is 12. The molecular formula is C74H56N6. The van der Waals surface area contributed by atoms with Crippen molar-refractivity contribution in [3.63, 3.8) is 0 Å². The van der Waals surface area contributed by atoms with Crippen molar-refractivity contribution in [2.75, 3.05) is 19.6 Å². The fourth-order valence-corrected chi connectivity index (χ4v) is 9.91. The first-order valence-electron chi connectivity index (χ1n) is 26.7. The van der Waals surface area contributed by atoms with Crippen LogP contribution in [-0.4, -0.2) is 0 Å². The molecule has 6 nitrogen and oxygen atoms in total. The normalized spacial score (nSPS) is 11.0. The molecule has 11 aromatic carbocycles. The minimum Gasteiger partial charge on any atom is -0.311 e. The third-order valence-corrected chi connectivity index (χ3v) is 14.0. The summed E-state index contributed by atoms with van der Waals surface area (Å²) in [5.41, 5.74) is 19.3. The Morgan fingerprint density at radius 1 is 0.312 bits per heavy atom. The Morgan fingerprint density at radius 2 is 0.562 bits per heavy atom. The molecule has 0 saturated carbocycles. The summed E-state index contributed by atoms with van der Waals surface area (Å²) in [7, 11) is 0. The molecule has 0 saturated heterocycles. The van der Waals surface area contributed by atoms with Crippen LogP contribution in [0, 0.1) is 31.8 Å². The highest BCUT2D eigenvalue weighted by molar-refractivity contribution is 5.86. The topological polar surface area (TPSA) is 41.1 Å². The van der Waals surface area contributed by atoms with E-state index in [9.17, 15) is 5.26 Å². The predicted octanol–water partition coefficient (Wildman–Crippen LogP) is 20.9. The molecule has 11 aromatic rings. The maximum atomic E-state index is 10.4. The maximum absolute atomic E-state index is 10.4. The van der Waals surface area contributed by atoms with Crippen LogP contribution in [0.4, 0.5) is 73.9 Å². The minimum absolute atomic E-state index is 0.467. The Morgan fingerprint density at radius 3 is 0.838 bits per heavy atom. The highest BCUT2D eigenvalue weighted by Gasteiger charge is 2.18. The van der Waals surface area contributed by atoms with E-state index < -0.39 is 0 Å². The molecular weight excluding hydrogens is 973 g/mol. The molecule has 0 heterocycles. The molecule has 11 rings (SSSR count). The number of benzene rings is 11. The van der Waals surface area contributed by atoms with Gasteiger partial charge in [0.25, 0.3) is 0 Å². The smallest absolute Gasteiger partial charge is 0.194 e. The van der Waals surface area contributed by atoms with Crippen molar-refractivity contribution in [3.05, 3.63) is 329 Å². The van der Waals surface area contributed by atoms with Gasteiger partial charge in [-0.3, -0.25) is 0 Å². The van der Waals surface area contributed by atoms with Crippen LogP contribution in [0.15, 0.2) is 279 Å². The van der Waals surface area contributed by atoms with Crippen LogP contribution < -0.4 is 19.6 Å². The fourth-order valence-electron chi connectivity index (χ4n) is 9.91. The molecule has 0 atom stereocenters. The fraction of sp³-hybridized carbons (Fsp3) is 0.0270. The molecule has 382 valence electrons. The lowest BCUT2D eigenvalue weighted by Gasteiger charge is -2.28. The van der Waals surface area contributed by atoms with Crippen LogP contribution >= 0.6 is 0 Å². The Kier molecular flexibility index (Phi) is 15.3. The quantitative estimate of drug-likeness (QED) is 0.0712. The van der Waals surface area contributed by atoms with Gasteiger partial charge in [-0.2, -0.15) is 5.26 Å². The van der Waals surface area contributed by atoms with E-state index in [0.29, 0.717) is 22.4 Å². The van der Waals surface area contributed by atoms with Gasteiger partial charge in [0.2, 0.25) is 0 Å². The lowest BCUT2D eigenvalue weighted by Crippen LogP contribution is -2.12. The molecule has 0 spiro atoms. The van der Waals surface area contributed by atoms with Gasteiger partial charge in [-0.15, -0.1) is 0 Å². The van der Waals surface area contributed by atoms with Gasteiger partial charge < -0.3 is 19.6 Å². The van der Waals surface area contributed by atoms with Crippen molar-refractivity contribution < 1.29 is 0 Å². The number of para-hydroxylation sites is 4. The maximum Gasteiger partial charge on any atom is 0.194 e. The van der Waals surface area contributed by atoms with Gasteiger partial charge in [-0.05, 0) is 194 Å². The van der Waals surface area contributed by atoms with Gasteiger partial charge >= 0.3 is 0 Å². The van der Waals surface area contributed by atoms with Gasteiger partial charge in [0, 0.05) is 68.2 Å². The second kappa shape index (κ2) is 24.0. The lowest BCUT2D eigenvalue weighted by atomic mass is 10.0. The molecule has 0 aromatic heterocycles. The van der Waals surface area contributed by atoms with Crippen molar-refractivity contribution in [2.24, 2.45) is 0 Å². The molecule has 0 unspecified atom stereocenters. The number of aryl methyl sites for hydroxylation is 2. The molecule has 0 bridgehead atoms. The average Bonchev–Trinajstić information content (AvgIpc) is 3.54. The standard InChI is InChI=1S/C74H56N6/c1-55-24-36-66(37-25-55)77(62-16-8-4-9-17-62)70-44-48-72(49-45-70)79(64-20-12-6-13-21-64)68-40-30-57(31-41-68)28-34-59-53-74(76-3)60(52-61(59)54-75)35-29-58-32-42-69(43-33-58)80(65-22-14-7-15-23-65)73-50-46-71(47-51-73)78(63-18-10-5-11-19-63)67-38-26-56(2)27-39-67/h4-53H,1-2H3. The molecule has 0 N–H and O–H groups in total. The largest absolute Gasteiger partial charge is 0.311 e. The first-order valence-corrected chi connectivity index (χ1v) is 26.7. The zero-order valence-corrected chi connectivity index (χ0v) is 44.6. The SMILES string of the molecule is [C-]#[N+]c1cc(C=Cc2ccc(N(c3ccccc3)c3ccc(N(c4ccccc4)c4ccc(C)cc4)cc3)cc2)c(C#N)cc1C=Cc1ccc(N(c2ccccc2)c2ccc(N(c3ccccc3)c3ccc(C)cc3)cc2)cc1. The highest BCUT2D eigenvalue weighted by atomic mass is 15.2. The zero-order valence-electron chi connectivity index (χ0n) is 44.6.